The molecule has 0 radical (unpaired) electrons. The normalized spacial score (nSPS) is 12.6. The van der Waals surface area contributed by atoms with Gasteiger partial charge in [-0.2, -0.15) is 5.10 Å². The summed E-state index contributed by atoms with van der Waals surface area (Å²) >= 11 is 0. The van der Waals surface area contributed by atoms with Crippen LogP contribution in [0.25, 0.3) is 0 Å². The van der Waals surface area contributed by atoms with Crippen LogP contribution in [0.3, 0.4) is 0 Å². The van der Waals surface area contributed by atoms with E-state index in [-0.39, 0.29) is 0 Å². The van der Waals surface area contributed by atoms with Crippen molar-refractivity contribution < 1.29 is 0 Å². The summed E-state index contributed by atoms with van der Waals surface area (Å²) in [6, 6.07) is 13.0. The van der Waals surface area contributed by atoms with E-state index < -0.39 is 0 Å². The SMILES string of the molecule is CCCNCC(Cc1cc(C)nn1C)c1ccccc1. The number of nitrogens with one attached hydrogen (secondary N) is 1. The van der Waals surface area contributed by atoms with Gasteiger partial charge in [-0.15, -0.1) is 0 Å². The molecule has 20 heavy (non-hydrogen) atoms. The minimum Gasteiger partial charge on any atom is -0.316 e. The van der Waals surface area contributed by atoms with E-state index >= 15 is 0 Å². The Hall–Kier alpha value is -1.61. The highest BCUT2D eigenvalue weighted by atomic mass is 15.3. The first-order chi connectivity index (χ1) is 9.70. The fourth-order valence-corrected chi connectivity index (χ4v) is 2.59. The van der Waals surface area contributed by atoms with Gasteiger partial charge in [-0.1, -0.05) is 37.3 Å². The van der Waals surface area contributed by atoms with Gasteiger partial charge in [0.15, 0.2) is 0 Å². The molecular weight excluding hydrogens is 246 g/mol. The molecule has 0 aliphatic rings. The van der Waals surface area contributed by atoms with Crippen molar-refractivity contribution in [2.75, 3.05) is 13.1 Å². The van der Waals surface area contributed by atoms with Crippen molar-refractivity contribution in [3.63, 3.8) is 0 Å². The Kier molecular flexibility index (Phi) is 5.36. The van der Waals surface area contributed by atoms with Crippen LogP contribution >= 0.6 is 0 Å². The number of nitrogens with zero attached hydrogens (tertiary/aromatic N) is 2. The monoisotopic (exact) mass is 271 g/mol. The lowest BCUT2D eigenvalue weighted by Gasteiger charge is -2.18. The van der Waals surface area contributed by atoms with Crippen molar-refractivity contribution in [3.05, 3.63) is 53.3 Å². The second-order valence-corrected chi connectivity index (χ2v) is 5.42. The van der Waals surface area contributed by atoms with Crippen molar-refractivity contribution >= 4 is 0 Å². The summed E-state index contributed by atoms with van der Waals surface area (Å²) in [7, 11) is 2.03. The Morgan fingerprint density at radius 2 is 2.00 bits per heavy atom. The third-order valence-electron chi connectivity index (χ3n) is 3.64. The van der Waals surface area contributed by atoms with Crippen LogP contribution in [0.5, 0.6) is 0 Å². The molecule has 2 aromatic rings. The summed E-state index contributed by atoms with van der Waals surface area (Å²) in [5.74, 6) is 0.498. The molecule has 1 aromatic carbocycles. The molecule has 0 fully saturated rings. The van der Waals surface area contributed by atoms with Gasteiger partial charge in [-0.3, -0.25) is 4.68 Å². The lowest BCUT2D eigenvalue weighted by molar-refractivity contribution is 0.557. The van der Waals surface area contributed by atoms with Gasteiger partial charge in [0.05, 0.1) is 5.69 Å². The van der Waals surface area contributed by atoms with Crippen LogP contribution < -0.4 is 5.32 Å². The van der Waals surface area contributed by atoms with E-state index in [0.29, 0.717) is 5.92 Å². The van der Waals surface area contributed by atoms with Gasteiger partial charge in [0.1, 0.15) is 0 Å². The van der Waals surface area contributed by atoms with E-state index in [2.05, 4.69) is 60.7 Å². The van der Waals surface area contributed by atoms with Gasteiger partial charge in [0.25, 0.3) is 0 Å². The summed E-state index contributed by atoms with van der Waals surface area (Å²) in [5, 5.41) is 8.00. The molecule has 1 aromatic heterocycles. The number of benzene rings is 1. The molecule has 3 heteroatoms. The molecule has 0 spiro atoms. The molecule has 1 heterocycles. The van der Waals surface area contributed by atoms with Gasteiger partial charge in [0.2, 0.25) is 0 Å². The van der Waals surface area contributed by atoms with Gasteiger partial charge >= 0.3 is 0 Å². The van der Waals surface area contributed by atoms with E-state index in [1.54, 1.807) is 0 Å². The maximum Gasteiger partial charge on any atom is 0.0596 e. The maximum atomic E-state index is 4.45. The molecule has 0 amide bonds. The first kappa shape index (κ1) is 14.8. The Labute approximate surface area is 122 Å². The molecular formula is C17H25N3. The van der Waals surface area contributed by atoms with Crippen LogP contribution in [-0.2, 0) is 13.5 Å². The van der Waals surface area contributed by atoms with Gasteiger partial charge < -0.3 is 5.32 Å². The van der Waals surface area contributed by atoms with Crippen LogP contribution in [0.2, 0.25) is 0 Å². The average Bonchev–Trinajstić information content (AvgIpc) is 2.77. The number of hydrogen-bond acceptors (Lipinski definition) is 2. The largest absolute Gasteiger partial charge is 0.316 e. The van der Waals surface area contributed by atoms with E-state index in [9.17, 15) is 0 Å². The Morgan fingerprint density at radius 1 is 1.25 bits per heavy atom. The van der Waals surface area contributed by atoms with Crippen LogP contribution in [0.4, 0.5) is 0 Å². The predicted molar refractivity (Wildman–Crippen MR) is 84.0 cm³/mol. The zero-order valence-electron chi connectivity index (χ0n) is 12.8. The smallest absolute Gasteiger partial charge is 0.0596 e. The Balaban J connectivity index is 2.12. The zero-order chi connectivity index (χ0) is 14.4. The molecule has 108 valence electrons. The molecule has 0 saturated carbocycles. The fourth-order valence-electron chi connectivity index (χ4n) is 2.59. The summed E-state index contributed by atoms with van der Waals surface area (Å²) < 4.78 is 2.01. The highest BCUT2D eigenvalue weighted by Crippen LogP contribution is 2.20. The number of rotatable bonds is 7. The van der Waals surface area contributed by atoms with Crippen LogP contribution in [-0.4, -0.2) is 22.9 Å². The van der Waals surface area contributed by atoms with E-state index in [1.165, 1.54) is 17.7 Å². The maximum absolute atomic E-state index is 4.45. The van der Waals surface area contributed by atoms with Crippen LogP contribution in [0.15, 0.2) is 36.4 Å². The predicted octanol–water partition coefficient (Wildman–Crippen LogP) is 3.05. The minimum atomic E-state index is 0.498. The van der Waals surface area contributed by atoms with Crippen LogP contribution in [0.1, 0.15) is 36.2 Å². The average molecular weight is 271 g/mol. The third kappa shape index (κ3) is 3.94. The summed E-state index contributed by atoms with van der Waals surface area (Å²) in [5.41, 5.74) is 3.79. The molecule has 0 aliphatic carbocycles. The fraction of sp³-hybridized carbons (Fsp3) is 0.471. The van der Waals surface area contributed by atoms with E-state index in [0.717, 1.165) is 25.2 Å². The summed E-state index contributed by atoms with van der Waals surface area (Å²) in [6.07, 6.45) is 2.20. The molecule has 0 saturated heterocycles. The highest BCUT2D eigenvalue weighted by Gasteiger charge is 2.14. The summed E-state index contributed by atoms with van der Waals surface area (Å²) in [6.45, 7) is 6.35. The first-order valence-electron chi connectivity index (χ1n) is 7.46. The van der Waals surface area contributed by atoms with Crippen molar-refractivity contribution in [2.45, 2.75) is 32.6 Å². The van der Waals surface area contributed by atoms with Gasteiger partial charge in [0, 0.05) is 25.2 Å². The second kappa shape index (κ2) is 7.25. The quantitative estimate of drug-likeness (QED) is 0.784. The topological polar surface area (TPSA) is 29.9 Å². The molecule has 0 bridgehead atoms. The number of aryl methyl sites for hydroxylation is 2. The second-order valence-electron chi connectivity index (χ2n) is 5.42. The third-order valence-corrected chi connectivity index (χ3v) is 3.64. The summed E-state index contributed by atoms with van der Waals surface area (Å²) in [4.78, 5) is 0. The lowest BCUT2D eigenvalue weighted by atomic mass is 9.94. The highest BCUT2D eigenvalue weighted by molar-refractivity contribution is 5.23. The standard InChI is InChI=1S/C17H25N3/c1-4-10-18-13-16(15-8-6-5-7-9-15)12-17-11-14(2)19-20(17)3/h5-9,11,16,18H,4,10,12-13H2,1-3H3. The molecule has 1 unspecified atom stereocenters. The first-order valence-corrected chi connectivity index (χ1v) is 7.46. The molecule has 3 nitrogen and oxygen atoms in total. The van der Waals surface area contributed by atoms with E-state index in [4.69, 9.17) is 0 Å². The Morgan fingerprint density at radius 3 is 2.60 bits per heavy atom. The van der Waals surface area contributed by atoms with Crippen molar-refractivity contribution in [2.24, 2.45) is 7.05 Å². The van der Waals surface area contributed by atoms with Crippen molar-refractivity contribution in [3.8, 4) is 0 Å². The van der Waals surface area contributed by atoms with Crippen molar-refractivity contribution in [1.29, 1.82) is 0 Å². The Bertz CT molecular complexity index is 516. The minimum absolute atomic E-state index is 0.498. The lowest BCUT2D eigenvalue weighted by Crippen LogP contribution is -2.24. The number of aromatic nitrogens is 2. The van der Waals surface area contributed by atoms with Crippen LogP contribution in [0, 0.1) is 6.92 Å². The molecule has 2 rings (SSSR count). The zero-order valence-corrected chi connectivity index (χ0v) is 12.8. The van der Waals surface area contributed by atoms with E-state index in [1.807, 2.05) is 11.7 Å². The molecule has 1 N–H and O–H groups in total. The molecule has 1 atom stereocenters. The number of hydrogen-bond donors (Lipinski definition) is 1. The van der Waals surface area contributed by atoms with Gasteiger partial charge in [-0.05, 0) is 37.9 Å². The van der Waals surface area contributed by atoms with Crippen molar-refractivity contribution in [1.82, 2.24) is 15.1 Å². The molecule has 0 aliphatic heterocycles. The van der Waals surface area contributed by atoms with Gasteiger partial charge in [-0.25, -0.2) is 0 Å².